The van der Waals surface area contributed by atoms with Gasteiger partial charge in [-0.2, -0.15) is 0 Å². The fourth-order valence-corrected chi connectivity index (χ4v) is 1.49. The van der Waals surface area contributed by atoms with Crippen molar-refractivity contribution in [3.8, 4) is 0 Å². The maximum absolute atomic E-state index is 11.6. The van der Waals surface area contributed by atoms with Gasteiger partial charge in [-0.3, -0.25) is 4.79 Å². The highest BCUT2D eigenvalue weighted by atomic mass is 16.5. The second kappa shape index (κ2) is 4.58. The summed E-state index contributed by atoms with van der Waals surface area (Å²) in [5.41, 5.74) is 0. The number of hydrogen-bond donors (Lipinski definition) is 1. The molecule has 0 saturated carbocycles. The lowest BCUT2D eigenvalue weighted by molar-refractivity contribution is -0.141. The Kier molecular flexibility index (Phi) is 3.69. The molecule has 1 heterocycles. The van der Waals surface area contributed by atoms with E-state index in [1.165, 1.54) is 4.90 Å². The van der Waals surface area contributed by atoms with Crippen LogP contribution in [-0.2, 0) is 9.53 Å². The molecular formula is C9H17NO3. The van der Waals surface area contributed by atoms with Crippen molar-refractivity contribution in [2.45, 2.75) is 19.4 Å². The molecule has 0 aliphatic carbocycles. The van der Waals surface area contributed by atoms with Crippen molar-refractivity contribution < 1.29 is 14.6 Å². The molecule has 1 fully saturated rings. The van der Waals surface area contributed by atoms with E-state index in [-0.39, 0.29) is 18.6 Å². The summed E-state index contributed by atoms with van der Waals surface area (Å²) in [6, 6.07) is 0. The summed E-state index contributed by atoms with van der Waals surface area (Å²) in [6.45, 7) is 3.07. The summed E-state index contributed by atoms with van der Waals surface area (Å²) >= 11 is 0. The van der Waals surface area contributed by atoms with Crippen LogP contribution in [-0.4, -0.2) is 48.8 Å². The molecule has 2 atom stereocenters. The summed E-state index contributed by atoms with van der Waals surface area (Å²) < 4.78 is 5.32. The number of nitrogens with zero attached hydrogens (tertiary/aromatic N) is 1. The minimum absolute atomic E-state index is 0.00331. The van der Waals surface area contributed by atoms with E-state index in [0.717, 1.165) is 6.42 Å². The topological polar surface area (TPSA) is 49.8 Å². The van der Waals surface area contributed by atoms with Crippen LogP contribution < -0.4 is 0 Å². The summed E-state index contributed by atoms with van der Waals surface area (Å²) in [7, 11) is 1.69. The monoisotopic (exact) mass is 187 g/mol. The van der Waals surface area contributed by atoms with Crippen LogP contribution in [0.3, 0.4) is 0 Å². The fourth-order valence-electron chi connectivity index (χ4n) is 1.49. The lowest BCUT2D eigenvalue weighted by Crippen LogP contribution is -2.40. The molecule has 0 aromatic heterocycles. The molecule has 0 bridgehead atoms. The Bertz CT molecular complexity index is 184. The van der Waals surface area contributed by atoms with E-state index in [1.54, 1.807) is 7.05 Å². The number of carbonyl (C=O) groups is 1. The summed E-state index contributed by atoms with van der Waals surface area (Å²) in [5.74, 6) is 0.285. The minimum atomic E-state index is -0.295. The van der Waals surface area contributed by atoms with E-state index in [2.05, 4.69) is 0 Å². The van der Waals surface area contributed by atoms with E-state index in [0.29, 0.717) is 19.1 Å². The second-order valence-corrected chi connectivity index (χ2v) is 3.54. The van der Waals surface area contributed by atoms with E-state index >= 15 is 0 Å². The average molecular weight is 187 g/mol. The van der Waals surface area contributed by atoms with Gasteiger partial charge in [-0.05, 0) is 12.3 Å². The fraction of sp³-hybridized carbons (Fsp3) is 0.889. The number of ether oxygens (including phenoxy) is 1. The van der Waals surface area contributed by atoms with Crippen LogP contribution in [0, 0.1) is 5.92 Å². The largest absolute Gasteiger partial charge is 0.395 e. The van der Waals surface area contributed by atoms with Gasteiger partial charge in [0.2, 0.25) is 0 Å². The minimum Gasteiger partial charge on any atom is -0.395 e. The number of aliphatic hydroxyl groups is 1. The Morgan fingerprint density at radius 1 is 1.69 bits per heavy atom. The zero-order chi connectivity index (χ0) is 9.84. The van der Waals surface area contributed by atoms with Crippen molar-refractivity contribution in [3.05, 3.63) is 0 Å². The Hall–Kier alpha value is -0.610. The van der Waals surface area contributed by atoms with Gasteiger partial charge in [-0.25, -0.2) is 0 Å². The Morgan fingerprint density at radius 3 is 2.85 bits per heavy atom. The van der Waals surface area contributed by atoms with Crippen molar-refractivity contribution in [3.63, 3.8) is 0 Å². The second-order valence-electron chi connectivity index (χ2n) is 3.54. The third-order valence-corrected chi connectivity index (χ3v) is 2.44. The van der Waals surface area contributed by atoms with Crippen LogP contribution in [0.4, 0.5) is 0 Å². The summed E-state index contributed by atoms with van der Waals surface area (Å²) in [5, 5.41) is 8.66. The molecule has 0 aromatic rings. The van der Waals surface area contributed by atoms with E-state index in [9.17, 15) is 4.79 Å². The first-order chi connectivity index (χ1) is 6.16. The molecule has 4 heteroatoms. The number of amides is 1. The molecule has 1 aliphatic heterocycles. The molecule has 0 spiro atoms. The van der Waals surface area contributed by atoms with Crippen LogP contribution in [0.2, 0.25) is 0 Å². The Labute approximate surface area is 78.5 Å². The molecule has 2 unspecified atom stereocenters. The third kappa shape index (κ3) is 2.42. The number of likely N-dealkylation sites (N-methyl/N-ethyl adjacent to an activating group) is 1. The number of rotatable bonds is 3. The highest BCUT2D eigenvalue weighted by molar-refractivity contribution is 5.81. The van der Waals surface area contributed by atoms with Crippen LogP contribution in [0.5, 0.6) is 0 Å². The first-order valence-corrected chi connectivity index (χ1v) is 4.64. The van der Waals surface area contributed by atoms with Gasteiger partial charge >= 0.3 is 0 Å². The van der Waals surface area contributed by atoms with Crippen LogP contribution >= 0.6 is 0 Å². The molecule has 1 aliphatic rings. The third-order valence-electron chi connectivity index (χ3n) is 2.44. The van der Waals surface area contributed by atoms with Crippen molar-refractivity contribution >= 4 is 5.91 Å². The molecule has 76 valence electrons. The number of aliphatic hydroxyl groups excluding tert-OH is 1. The van der Waals surface area contributed by atoms with Gasteiger partial charge < -0.3 is 14.7 Å². The zero-order valence-corrected chi connectivity index (χ0v) is 8.19. The van der Waals surface area contributed by atoms with Crippen LogP contribution in [0.1, 0.15) is 13.3 Å². The zero-order valence-electron chi connectivity index (χ0n) is 8.19. The molecule has 1 saturated heterocycles. The first kappa shape index (κ1) is 10.5. The van der Waals surface area contributed by atoms with E-state index in [1.807, 2.05) is 6.92 Å². The standard InChI is InChI=1S/C9H17NO3/c1-7-3-6-13-8(7)9(12)10(2)4-5-11/h7-8,11H,3-6H2,1-2H3. The van der Waals surface area contributed by atoms with Gasteiger partial charge in [0.1, 0.15) is 6.10 Å². The van der Waals surface area contributed by atoms with Crippen molar-refractivity contribution in [2.24, 2.45) is 5.92 Å². The maximum atomic E-state index is 11.6. The molecule has 1 N–H and O–H groups in total. The number of hydrogen-bond acceptors (Lipinski definition) is 3. The molecule has 13 heavy (non-hydrogen) atoms. The van der Waals surface area contributed by atoms with Gasteiger partial charge in [0, 0.05) is 20.2 Å². The van der Waals surface area contributed by atoms with Gasteiger partial charge in [-0.1, -0.05) is 6.92 Å². The molecule has 0 aromatic carbocycles. The van der Waals surface area contributed by atoms with Crippen molar-refractivity contribution in [1.29, 1.82) is 0 Å². The Morgan fingerprint density at radius 2 is 2.38 bits per heavy atom. The van der Waals surface area contributed by atoms with Gasteiger partial charge in [0.25, 0.3) is 5.91 Å². The average Bonchev–Trinajstić information content (AvgIpc) is 2.50. The molecule has 1 amide bonds. The quantitative estimate of drug-likeness (QED) is 0.669. The number of carbonyl (C=O) groups excluding carboxylic acids is 1. The highest BCUT2D eigenvalue weighted by Crippen LogP contribution is 2.21. The van der Waals surface area contributed by atoms with Gasteiger partial charge in [0.05, 0.1) is 6.61 Å². The van der Waals surface area contributed by atoms with E-state index in [4.69, 9.17) is 9.84 Å². The summed E-state index contributed by atoms with van der Waals surface area (Å²) in [4.78, 5) is 13.2. The van der Waals surface area contributed by atoms with Gasteiger partial charge in [0.15, 0.2) is 0 Å². The van der Waals surface area contributed by atoms with Crippen molar-refractivity contribution in [1.82, 2.24) is 4.90 Å². The smallest absolute Gasteiger partial charge is 0.251 e. The predicted octanol–water partition coefficient (Wildman–Crippen LogP) is -0.138. The molecule has 0 radical (unpaired) electrons. The van der Waals surface area contributed by atoms with Gasteiger partial charge in [-0.15, -0.1) is 0 Å². The highest BCUT2D eigenvalue weighted by Gasteiger charge is 2.32. The van der Waals surface area contributed by atoms with E-state index < -0.39 is 0 Å². The molecule has 1 rings (SSSR count). The Balaban J connectivity index is 2.46. The van der Waals surface area contributed by atoms with Crippen LogP contribution in [0.15, 0.2) is 0 Å². The van der Waals surface area contributed by atoms with Crippen LogP contribution in [0.25, 0.3) is 0 Å². The summed E-state index contributed by atoms with van der Waals surface area (Å²) in [6.07, 6.45) is 0.653. The SMILES string of the molecule is CC1CCOC1C(=O)N(C)CCO. The predicted molar refractivity (Wildman–Crippen MR) is 48.2 cm³/mol. The lowest BCUT2D eigenvalue weighted by atomic mass is 10.0. The molecule has 4 nitrogen and oxygen atoms in total. The molecular weight excluding hydrogens is 170 g/mol. The lowest BCUT2D eigenvalue weighted by Gasteiger charge is -2.21. The maximum Gasteiger partial charge on any atom is 0.251 e. The van der Waals surface area contributed by atoms with Crippen molar-refractivity contribution in [2.75, 3.05) is 26.8 Å². The normalized spacial score (nSPS) is 27.6. The first-order valence-electron chi connectivity index (χ1n) is 4.64.